The Balaban J connectivity index is 1.74. The Bertz CT molecular complexity index is 159. The number of rotatable bonds is 2. The van der Waals surface area contributed by atoms with Crippen LogP contribution in [0.4, 0.5) is 0 Å². The summed E-state index contributed by atoms with van der Waals surface area (Å²) in [5, 5.41) is 7.19. The molecule has 0 spiro atoms. The minimum absolute atomic E-state index is 0.257. The predicted octanol–water partition coefficient (Wildman–Crippen LogP) is -0.111. The Kier molecular flexibility index (Phi) is 1.82. The van der Waals surface area contributed by atoms with Gasteiger partial charge < -0.3 is 5.32 Å². The molecule has 0 aromatic carbocycles. The normalized spacial score (nSPS) is 30.4. The lowest BCUT2D eigenvalue weighted by Gasteiger charge is -2.09. The van der Waals surface area contributed by atoms with E-state index in [0.29, 0.717) is 12.0 Å². The van der Waals surface area contributed by atoms with Gasteiger partial charge in [-0.2, -0.15) is 0 Å². The van der Waals surface area contributed by atoms with E-state index < -0.39 is 0 Å². The van der Waals surface area contributed by atoms with Gasteiger partial charge in [-0.05, 0) is 19.3 Å². The zero-order valence-electron chi connectivity index (χ0n) is 6.55. The Labute approximate surface area is 66.5 Å². The second-order valence-electron chi connectivity index (χ2n) is 3.40. The van der Waals surface area contributed by atoms with E-state index in [0.717, 1.165) is 32.4 Å². The third-order valence-corrected chi connectivity index (χ3v) is 2.28. The van der Waals surface area contributed by atoms with Gasteiger partial charge in [0.05, 0.1) is 0 Å². The molecule has 1 aliphatic heterocycles. The van der Waals surface area contributed by atoms with E-state index in [9.17, 15) is 4.79 Å². The molecule has 1 radical (unpaired) electrons. The molecule has 0 aromatic rings. The summed E-state index contributed by atoms with van der Waals surface area (Å²) in [6.07, 6.45) is 3.23. The van der Waals surface area contributed by atoms with Crippen molar-refractivity contribution in [3.63, 3.8) is 0 Å². The van der Waals surface area contributed by atoms with Crippen molar-refractivity contribution in [3.05, 3.63) is 0 Å². The highest BCUT2D eigenvalue weighted by atomic mass is 16.2. The van der Waals surface area contributed by atoms with Gasteiger partial charge in [-0.1, -0.05) is 0 Å². The summed E-state index contributed by atoms with van der Waals surface area (Å²) in [7, 11) is 0. The first-order chi connectivity index (χ1) is 5.36. The van der Waals surface area contributed by atoms with Crippen molar-refractivity contribution in [1.82, 2.24) is 10.6 Å². The molecule has 1 saturated heterocycles. The van der Waals surface area contributed by atoms with E-state index in [1.807, 2.05) is 0 Å². The molecule has 0 unspecified atom stereocenters. The zero-order chi connectivity index (χ0) is 7.68. The molecule has 61 valence electrons. The van der Waals surface area contributed by atoms with Crippen LogP contribution in [0, 0.1) is 5.92 Å². The first-order valence-corrected chi connectivity index (χ1v) is 4.30. The van der Waals surface area contributed by atoms with Crippen LogP contribution in [0.25, 0.3) is 0 Å². The van der Waals surface area contributed by atoms with E-state index in [2.05, 4.69) is 10.6 Å². The van der Waals surface area contributed by atoms with Gasteiger partial charge >= 0.3 is 0 Å². The summed E-state index contributed by atoms with van der Waals surface area (Å²) in [4.78, 5) is 11.2. The highest BCUT2D eigenvalue weighted by Crippen LogP contribution is 2.29. The minimum Gasteiger partial charge on any atom is -0.352 e. The van der Waals surface area contributed by atoms with E-state index >= 15 is 0 Å². The van der Waals surface area contributed by atoms with Crippen LogP contribution < -0.4 is 10.6 Å². The van der Waals surface area contributed by atoms with E-state index in [4.69, 9.17) is 0 Å². The van der Waals surface area contributed by atoms with E-state index in [1.54, 1.807) is 0 Å². The fourth-order valence-corrected chi connectivity index (χ4v) is 1.37. The summed E-state index contributed by atoms with van der Waals surface area (Å²) < 4.78 is 0. The van der Waals surface area contributed by atoms with Gasteiger partial charge in [0.2, 0.25) is 5.91 Å². The third-order valence-electron chi connectivity index (χ3n) is 2.28. The maximum Gasteiger partial charge on any atom is 0.223 e. The maximum atomic E-state index is 11.2. The van der Waals surface area contributed by atoms with Crippen LogP contribution in [0.5, 0.6) is 0 Å². The van der Waals surface area contributed by atoms with Crippen LogP contribution in [-0.4, -0.2) is 25.0 Å². The Morgan fingerprint density at radius 1 is 1.36 bits per heavy atom. The lowest BCUT2D eigenvalue weighted by molar-refractivity contribution is -0.122. The van der Waals surface area contributed by atoms with Crippen molar-refractivity contribution < 1.29 is 4.79 Å². The second-order valence-corrected chi connectivity index (χ2v) is 3.40. The molecule has 11 heavy (non-hydrogen) atoms. The number of amides is 1. The van der Waals surface area contributed by atoms with Crippen LogP contribution in [0.1, 0.15) is 19.3 Å². The van der Waals surface area contributed by atoms with Crippen LogP contribution in [0.3, 0.4) is 0 Å². The lowest BCUT2D eigenvalue weighted by Crippen LogP contribution is -2.36. The van der Waals surface area contributed by atoms with Crippen molar-refractivity contribution in [1.29, 1.82) is 0 Å². The topological polar surface area (TPSA) is 43.2 Å². The van der Waals surface area contributed by atoms with Gasteiger partial charge in [0.15, 0.2) is 0 Å². The first-order valence-electron chi connectivity index (χ1n) is 4.30. The number of hydrogen-bond donors (Lipinski definition) is 1. The number of carbonyl (C=O) groups is 1. The van der Waals surface area contributed by atoms with Gasteiger partial charge in [0, 0.05) is 25.0 Å². The molecule has 1 heterocycles. The summed E-state index contributed by atoms with van der Waals surface area (Å²) in [6, 6.07) is 0.350. The monoisotopic (exact) mass is 153 g/mol. The molecular formula is C8H13N2O. The minimum atomic E-state index is 0.257. The van der Waals surface area contributed by atoms with Crippen LogP contribution in [0.15, 0.2) is 0 Å². The van der Waals surface area contributed by atoms with Crippen molar-refractivity contribution in [3.8, 4) is 0 Å². The van der Waals surface area contributed by atoms with Crippen LogP contribution >= 0.6 is 0 Å². The highest BCUT2D eigenvalue weighted by Gasteiger charge is 2.31. The number of nitrogens with zero attached hydrogens (tertiary/aromatic N) is 1. The second kappa shape index (κ2) is 2.81. The van der Waals surface area contributed by atoms with Gasteiger partial charge in [0.25, 0.3) is 0 Å². The summed E-state index contributed by atoms with van der Waals surface area (Å²) >= 11 is 0. The molecule has 2 aliphatic rings. The Hall–Kier alpha value is -0.570. The maximum absolute atomic E-state index is 11.2. The quantitative estimate of drug-likeness (QED) is 0.591. The Morgan fingerprint density at radius 3 is 2.73 bits per heavy atom. The van der Waals surface area contributed by atoms with Gasteiger partial charge in [-0.3, -0.25) is 4.79 Å². The van der Waals surface area contributed by atoms with Crippen molar-refractivity contribution in [2.75, 3.05) is 13.1 Å². The molecule has 0 aromatic heterocycles. The summed E-state index contributed by atoms with van der Waals surface area (Å²) in [5.74, 6) is 0.600. The summed E-state index contributed by atoms with van der Waals surface area (Å²) in [5.41, 5.74) is 0. The molecular weight excluding hydrogens is 140 g/mol. The van der Waals surface area contributed by atoms with Crippen molar-refractivity contribution in [2.45, 2.75) is 25.3 Å². The molecule has 1 N–H and O–H groups in total. The molecule has 2 fully saturated rings. The molecule has 0 bridgehead atoms. The van der Waals surface area contributed by atoms with E-state index in [-0.39, 0.29) is 5.91 Å². The van der Waals surface area contributed by atoms with Gasteiger partial charge in [-0.25, -0.2) is 5.32 Å². The van der Waals surface area contributed by atoms with Crippen molar-refractivity contribution in [2.24, 2.45) is 5.92 Å². The largest absolute Gasteiger partial charge is 0.352 e. The van der Waals surface area contributed by atoms with Crippen molar-refractivity contribution >= 4 is 5.91 Å². The average Bonchev–Trinajstić information content (AvgIpc) is 2.73. The van der Waals surface area contributed by atoms with Crippen LogP contribution in [0.2, 0.25) is 0 Å². The number of nitrogens with one attached hydrogen (secondary N) is 1. The summed E-state index contributed by atoms with van der Waals surface area (Å²) in [6.45, 7) is 1.76. The molecule has 1 saturated carbocycles. The predicted molar refractivity (Wildman–Crippen MR) is 41.1 cm³/mol. The van der Waals surface area contributed by atoms with Gasteiger partial charge in [-0.15, -0.1) is 0 Å². The molecule has 1 amide bonds. The molecule has 1 atom stereocenters. The zero-order valence-corrected chi connectivity index (χ0v) is 6.55. The van der Waals surface area contributed by atoms with E-state index in [1.165, 1.54) is 0 Å². The number of hydrogen-bond acceptors (Lipinski definition) is 1. The smallest absolute Gasteiger partial charge is 0.223 e. The lowest BCUT2D eigenvalue weighted by atomic mass is 10.2. The highest BCUT2D eigenvalue weighted by molar-refractivity contribution is 5.81. The SMILES string of the molecule is O=C(N[C@H]1CC[N]C1)C1CC1. The van der Waals surface area contributed by atoms with Gasteiger partial charge in [0.1, 0.15) is 0 Å². The number of carbonyl (C=O) groups excluding carboxylic acids is 1. The fourth-order valence-electron chi connectivity index (χ4n) is 1.37. The fraction of sp³-hybridized carbons (Fsp3) is 0.875. The Morgan fingerprint density at radius 2 is 2.18 bits per heavy atom. The molecule has 3 heteroatoms. The molecule has 1 aliphatic carbocycles. The molecule has 2 rings (SSSR count). The van der Waals surface area contributed by atoms with Crippen LogP contribution in [-0.2, 0) is 4.79 Å². The average molecular weight is 153 g/mol. The molecule has 3 nitrogen and oxygen atoms in total. The first kappa shape index (κ1) is 7.10. The third kappa shape index (κ3) is 1.71. The standard InChI is InChI=1S/C8H13N2O/c11-8(6-1-2-6)10-7-3-4-9-5-7/h6-7H,1-5H2,(H,10,11)/t7-/m0/s1.